The van der Waals surface area contributed by atoms with Gasteiger partial charge in [0, 0.05) is 29.9 Å². The number of esters is 2. The van der Waals surface area contributed by atoms with Gasteiger partial charge in [0.1, 0.15) is 11.5 Å². The molecule has 3 rings (SSSR count). The standard InChI is InChI=1S/C26H26N2O10/c1-32-13-38-18-11-20(35-4)19(34-3)10-16(18)22-21(14-7-8-17(33-2)15(9-14)12-29)23(25(30)36-5)27-28-24(22)26(31)37-6/h7-12H,13H2,1-6H3. The first-order chi connectivity index (χ1) is 18.4. The van der Waals surface area contributed by atoms with Gasteiger partial charge in [-0.05, 0) is 23.8 Å². The number of carbonyl (C=O) groups excluding carboxylic acids is 3. The van der Waals surface area contributed by atoms with Crippen molar-refractivity contribution < 1.29 is 47.5 Å². The van der Waals surface area contributed by atoms with Gasteiger partial charge in [-0.1, -0.05) is 6.07 Å². The molecular weight excluding hydrogens is 500 g/mol. The molecule has 0 unspecified atom stereocenters. The lowest BCUT2D eigenvalue weighted by molar-refractivity contribution is 0.0513. The Bertz CT molecular complexity index is 1360. The molecule has 3 aromatic rings. The Balaban J connectivity index is 2.56. The van der Waals surface area contributed by atoms with Crippen LogP contribution < -0.4 is 18.9 Å². The van der Waals surface area contributed by atoms with Crippen molar-refractivity contribution >= 4 is 18.2 Å². The topological polar surface area (TPSA) is 142 Å². The van der Waals surface area contributed by atoms with Gasteiger partial charge in [0.25, 0.3) is 0 Å². The van der Waals surface area contributed by atoms with Gasteiger partial charge in [0.15, 0.2) is 36.0 Å². The lowest BCUT2D eigenvalue weighted by Crippen LogP contribution is -2.16. The SMILES string of the molecule is COCOc1cc(OC)c(OC)cc1-c1c(C(=O)OC)nnc(C(=O)OC)c1-c1ccc(OC)c(C=O)c1. The molecule has 0 saturated carbocycles. The number of hydrogen-bond acceptors (Lipinski definition) is 12. The highest BCUT2D eigenvalue weighted by Gasteiger charge is 2.31. The molecule has 200 valence electrons. The number of methoxy groups -OCH3 is 6. The zero-order chi connectivity index (χ0) is 27.8. The Labute approximate surface area is 218 Å². The van der Waals surface area contributed by atoms with Crippen molar-refractivity contribution in [3.05, 3.63) is 47.3 Å². The molecule has 1 aromatic heterocycles. The molecule has 0 bridgehead atoms. The second-order valence-electron chi connectivity index (χ2n) is 7.46. The van der Waals surface area contributed by atoms with Crippen molar-refractivity contribution in [3.63, 3.8) is 0 Å². The van der Waals surface area contributed by atoms with Crippen LogP contribution >= 0.6 is 0 Å². The van der Waals surface area contributed by atoms with E-state index in [1.807, 2.05) is 0 Å². The molecule has 0 saturated heterocycles. The molecule has 1 heterocycles. The molecule has 0 atom stereocenters. The van der Waals surface area contributed by atoms with Gasteiger partial charge in [0.2, 0.25) is 0 Å². The number of aromatic nitrogens is 2. The zero-order valence-corrected chi connectivity index (χ0v) is 21.6. The molecule has 0 radical (unpaired) electrons. The fraction of sp³-hybridized carbons (Fsp3) is 0.269. The summed E-state index contributed by atoms with van der Waals surface area (Å²) in [7, 11) is 8.09. The second kappa shape index (κ2) is 12.5. The van der Waals surface area contributed by atoms with E-state index in [0.717, 1.165) is 0 Å². The Kier molecular flexibility index (Phi) is 9.17. The van der Waals surface area contributed by atoms with Gasteiger partial charge in [-0.25, -0.2) is 9.59 Å². The van der Waals surface area contributed by atoms with Gasteiger partial charge in [-0.2, -0.15) is 0 Å². The van der Waals surface area contributed by atoms with Gasteiger partial charge in [0.05, 0.1) is 41.1 Å². The quantitative estimate of drug-likeness (QED) is 0.206. The van der Waals surface area contributed by atoms with Crippen LogP contribution in [0.2, 0.25) is 0 Å². The fourth-order valence-electron chi connectivity index (χ4n) is 3.74. The first-order valence-corrected chi connectivity index (χ1v) is 11.0. The van der Waals surface area contributed by atoms with Crippen LogP contribution in [0.15, 0.2) is 30.3 Å². The molecule has 0 spiro atoms. The van der Waals surface area contributed by atoms with Gasteiger partial charge in [-0.15, -0.1) is 10.2 Å². The Morgan fingerprint density at radius 1 is 0.737 bits per heavy atom. The summed E-state index contributed by atoms with van der Waals surface area (Å²) >= 11 is 0. The zero-order valence-electron chi connectivity index (χ0n) is 21.6. The number of carbonyl (C=O) groups is 3. The Hall–Kier alpha value is -4.71. The summed E-state index contributed by atoms with van der Waals surface area (Å²) in [6, 6.07) is 7.69. The first kappa shape index (κ1) is 27.9. The first-order valence-electron chi connectivity index (χ1n) is 11.0. The third-order valence-electron chi connectivity index (χ3n) is 5.46. The van der Waals surface area contributed by atoms with Crippen LogP contribution in [-0.2, 0) is 14.2 Å². The van der Waals surface area contributed by atoms with Crippen LogP contribution in [0.1, 0.15) is 31.3 Å². The molecule has 38 heavy (non-hydrogen) atoms. The maximum Gasteiger partial charge on any atom is 0.359 e. The average molecular weight is 526 g/mol. The minimum Gasteiger partial charge on any atom is -0.496 e. The molecule has 12 heteroatoms. The van der Waals surface area contributed by atoms with Crippen molar-refractivity contribution in [3.8, 4) is 45.3 Å². The summed E-state index contributed by atoms with van der Waals surface area (Å²) in [6.07, 6.45) is 0.596. The Morgan fingerprint density at radius 3 is 1.84 bits per heavy atom. The van der Waals surface area contributed by atoms with E-state index in [1.54, 1.807) is 18.2 Å². The predicted octanol–water partition coefficient (Wildman–Crippen LogP) is 3.20. The van der Waals surface area contributed by atoms with Gasteiger partial charge in [-0.3, -0.25) is 4.79 Å². The van der Waals surface area contributed by atoms with E-state index < -0.39 is 11.9 Å². The van der Waals surface area contributed by atoms with Gasteiger partial charge >= 0.3 is 11.9 Å². The highest BCUT2D eigenvalue weighted by Crippen LogP contribution is 2.46. The molecule has 0 N–H and O–H groups in total. The normalized spacial score (nSPS) is 10.4. The highest BCUT2D eigenvalue weighted by molar-refractivity contribution is 6.07. The third kappa shape index (κ3) is 5.34. The van der Waals surface area contributed by atoms with Crippen LogP contribution in [0.5, 0.6) is 23.0 Å². The van der Waals surface area contributed by atoms with Crippen LogP contribution in [0.4, 0.5) is 0 Å². The van der Waals surface area contributed by atoms with Crippen LogP contribution in [0.25, 0.3) is 22.3 Å². The maximum atomic E-state index is 12.9. The van der Waals surface area contributed by atoms with Crippen LogP contribution in [0, 0.1) is 0 Å². The number of rotatable bonds is 11. The van der Waals surface area contributed by atoms with Crippen LogP contribution in [-0.4, -0.2) is 77.9 Å². The summed E-state index contributed by atoms with van der Waals surface area (Å²) in [5, 5.41) is 7.98. The fourth-order valence-corrected chi connectivity index (χ4v) is 3.74. The molecule has 12 nitrogen and oxygen atoms in total. The number of aldehydes is 1. The Morgan fingerprint density at radius 2 is 1.32 bits per heavy atom. The highest BCUT2D eigenvalue weighted by atomic mass is 16.7. The molecular formula is C26H26N2O10. The van der Waals surface area contributed by atoms with Crippen molar-refractivity contribution in [2.24, 2.45) is 0 Å². The summed E-state index contributed by atoms with van der Waals surface area (Å²) in [6.45, 7) is -0.161. The number of nitrogens with zero attached hydrogens (tertiary/aromatic N) is 2. The average Bonchev–Trinajstić information content (AvgIpc) is 2.97. The van der Waals surface area contributed by atoms with E-state index in [1.165, 1.54) is 54.8 Å². The van der Waals surface area contributed by atoms with E-state index in [0.29, 0.717) is 23.3 Å². The van der Waals surface area contributed by atoms with Crippen molar-refractivity contribution in [2.45, 2.75) is 0 Å². The smallest absolute Gasteiger partial charge is 0.359 e. The summed E-state index contributed by atoms with van der Waals surface area (Å²) in [5.41, 5.74) is 0.521. The number of benzene rings is 2. The second-order valence-corrected chi connectivity index (χ2v) is 7.46. The summed E-state index contributed by atoms with van der Waals surface area (Å²) < 4.78 is 36.9. The minimum absolute atomic E-state index is 0.0984. The lowest BCUT2D eigenvalue weighted by Gasteiger charge is -2.20. The third-order valence-corrected chi connectivity index (χ3v) is 5.46. The lowest BCUT2D eigenvalue weighted by atomic mass is 9.90. The van der Waals surface area contributed by atoms with E-state index in [4.69, 9.17) is 33.2 Å². The summed E-state index contributed by atoms with van der Waals surface area (Å²) in [5.74, 6) is -0.574. The van der Waals surface area contributed by atoms with E-state index in [9.17, 15) is 14.4 Å². The number of ether oxygens (including phenoxy) is 7. The molecule has 2 aromatic carbocycles. The monoisotopic (exact) mass is 526 g/mol. The predicted molar refractivity (Wildman–Crippen MR) is 133 cm³/mol. The molecule has 0 amide bonds. The molecule has 0 fully saturated rings. The van der Waals surface area contributed by atoms with Crippen molar-refractivity contribution in [1.82, 2.24) is 10.2 Å². The van der Waals surface area contributed by atoms with E-state index >= 15 is 0 Å². The summed E-state index contributed by atoms with van der Waals surface area (Å²) in [4.78, 5) is 37.6. The van der Waals surface area contributed by atoms with Crippen molar-refractivity contribution in [2.75, 3.05) is 49.5 Å². The maximum absolute atomic E-state index is 12.9. The largest absolute Gasteiger partial charge is 0.496 e. The molecule has 0 aliphatic rings. The van der Waals surface area contributed by atoms with Crippen molar-refractivity contribution in [1.29, 1.82) is 0 Å². The number of hydrogen-bond donors (Lipinski definition) is 0. The molecule has 0 aliphatic carbocycles. The van der Waals surface area contributed by atoms with E-state index in [-0.39, 0.29) is 51.9 Å². The minimum atomic E-state index is -0.846. The van der Waals surface area contributed by atoms with Crippen LogP contribution in [0.3, 0.4) is 0 Å². The molecule has 0 aliphatic heterocycles. The van der Waals surface area contributed by atoms with E-state index in [2.05, 4.69) is 10.2 Å². The van der Waals surface area contributed by atoms with Gasteiger partial charge < -0.3 is 33.2 Å².